The van der Waals surface area contributed by atoms with Crippen molar-refractivity contribution in [1.82, 2.24) is 0 Å². The molecule has 12 aliphatic rings. The number of nitrogens with two attached hydrogens (primary N) is 2. The van der Waals surface area contributed by atoms with Gasteiger partial charge in [-0.15, -0.1) is 12.4 Å². The molecule has 21 atom stereocenters. The number of ether oxygens (including phenoxy) is 1. The van der Waals surface area contributed by atoms with E-state index in [9.17, 15) is 29.1 Å². The zero-order valence-electron chi connectivity index (χ0n) is 51.4. The molecule has 9 fully saturated rings. The van der Waals surface area contributed by atoms with Gasteiger partial charge in [-0.05, 0) is 279 Å². The van der Waals surface area contributed by atoms with Crippen LogP contribution < -0.4 is 11.5 Å². The van der Waals surface area contributed by atoms with Gasteiger partial charge in [-0.3, -0.25) is 24.0 Å². The van der Waals surface area contributed by atoms with Crippen molar-refractivity contribution in [1.29, 1.82) is 0 Å². The Labute approximate surface area is 484 Å². The Morgan fingerprint density at radius 1 is 0.506 bits per heavy atom. The van der Waals surface area contributed by atoms with Crippen LogP contribution in [0.4, 0.5) is 0 Å². The summed E-state index contributed by atoms with van der Waals surface area (Å²) in [6, 6.07) is -0.542. The van der Waals surface area contributed by atoms with E-state index in [0.29, 0.717) is 52.2 Å². The lowest BCUT2D eigenvalue weighted by molar-refractivity contribution is -0.151. The Kier molecular flexibility index (Phi) is 18.6. The molecule has 12 aliphatic carbocycles. The third kappa shape index (κ3) is 10.7. The number of carbonyl (C=O) groups is 5. The number of esters is 1. The van der Waals surface area contributed by atoms with Crippen LogP contribution in [0.2, 0.25) is 0 Å². The zero-order valence-corrected chi connectivity index (χ0v) is 52.2. The van der Waals surface area contributed by atoms with E-state index in [1.54, 1.807) is 19.4 Å². The summed E-state index contributed by atoms with van der Waals surface area (Å²) in [5, 5.41) is 10.0. The summed E-state index contributed by atoms with van der Waals surface area (Å²) in [6.45, 7) is 24.0. The van der Waals surface area contributed by atoms with Gasteiger partial charge in [0.15, 0.2) is 5.78 Å². The van der Waals surface area contributed by atoms with Crippen LogP contribution in [0, 0.1) is 109 Å². The van der Waals surface area contributed by atoms with E-state index < -0.39 is 6.04 Å². The van der Waals surface area contributed by atoms with Crippen LogP contribution in [0.3, 0.4) is 0 Å². The quantitative estimate of drug-likeness (QED) is 0.173. The maximum atomic E-state index is 12.4. The average Bonchev–Trinajstić information content (AvgIpc) is 4.12. The van der Waals surface area contributed by atoms with E-state index in [0.717, 1.165) is 112 Å². The van der Waals surface area contributed by atoms with Crippen LogP contribution in [0.25, 0.3) is 0 Å². The highest BCUT2D eigenvalue weighted by Crippen LogP contribution is 2.70. The lowest BCUT2D eigenvalue weighted by atomic mass is 9.46. The van der Waals surface area contributed by atoms with Crippen molar-refractivity contribution in [2.75, 3.05) is 7.05 Å². The fourth-order valence-corrected chi connectivity index (χ4v) is 22.6. The molecular formula is C69H109ClN2O7. The van der Waals surface area contributed by atoms with Crippen molar-refractivity contribution in [2.24, 2.45) is 121 Å². The normalized spacial score (nSPS) is 46.2. The maximum absolute atomic E-state index is 12.4. The topological polar surface area (TPSA) is 167 Å². The molecule has 0 saturated heterocycles. The summed E-state index contributed by atoms with van der Waals surface area (Å²) < 4.78 is 5.79. The summed E-state index contributed by atoms with van der Waals surface area (Å²) in [5.74, 6) is 9.01. The molecule has 10 heteroatoms. The third-order valence-corrected chi connectivity index (χ3v) is 26.9. The number of hydrogen-bond donors (Lipinski definition) is 3. The largest absolute Gasteiger partial charge is 0.457 e. The number of carbonyl (C=O) groups excluding carboxylic acids is 5. The lowest BCUT2D eigenvalue weighted by Crippen LogP contribution is -2.51. The number of halogens is 1. The Bertz CT molecular complexity index is 2410. The highest BCUT2D eigenvalue weighted by Gasteiger charge is 2.63. The summed E-state index contributed by atoms with van der Waals surface area (Å²) in [6.07, 6.45) is 33.6. The number of aliphatic hydroxyl groups is 1. The Morgan fingerprint density at radius 2 is 0.886 bits per heavy atom. The lowest BCUT2D eigenvalue weighted by Gasteiger charge is -2.58. The minimum atomic E-state index is -0.542. The van der Waals surface area contributed by atoms with E-state index in [2.05, 4.69) is 59.4 Å². The Balaban J connectivity index is 0.000000154. The molecule has 12 rings (SSSR count). The van der Waals surface area contributed by atoms with E-state index in [-0.39, 0.29) is 69.5 Å². The Hall–Kier alpha value is -2.46. The minimum Gasteiger partial charge on any atom is -0.457 e. The maximum Gasteiger partial charge on any atom is 0.323 e. The highest BCUT2D eigenvalue weighted by atomic mass is 35.5. The molecule has 0 aliphatic heterocycles. The molecule has 9 unspecified atom stereocenters. The van der Waals surface area contributed by atoms with E-state index in [1.807, 2.05) is 26.8 Å². The van der Waals surface area contributed by atoms with Crippen molar-refractivity contribution < 1.29 is 33.8 Å². The SMILES string of the molecule is CC(=O)[C@@H]1CCC2C3CCC4=CC(=O)CC[C@@]4(C)C3CC[C@]21C.CC(=O)[C@@H]1CCC2C3CCC4=C[C@H](O)CC[C@@]4(C)C3CC[C@]21C.CC(=O)[C@@H]1CCC2C3CCC4=C[C@H](OC(=O)[C@@H](N)C(C)C)CC[C@@]4(C)C3CC[C@]21C.CN.Cl. The van der Waals surface area contributed by atoms with Gasteiger partial charge in [0, 0.05) is 24.2 Å². The zero-order chi connectivity index (χ0) is 56.7. The first-order chi connectivity index (χ1) is 36.8. The van der Waals surface area contributed by atoms with Gasteiger partial charge in [-0.25, -0.2) is 0 Å². The molecule has 0 amide bonds. The third-order valence-electron chi connectivity index (χ3n) is 26.9. The molecule has 0 heterocycles. The van der Waals surface area contributed by atoms with Gasteiger partial charge in [-0.2, -0.15) is 0 Å². The first-order valence-electron chi connectivity index (χ1n) is 32.2. The minimum absolute atomic E-state index is 0. The number of fused-ring (bicyclic) bond motifs is 15. The monoisotopic (exact) mass is 1110 g/mol. The molecule has 9 nitrogen and oxygen atoms in total. The van der Waals surface area contributed by atoms with Crippen molar-refractivity contribution in [3.8, 4) is 0 Å². The van der Waals surface area contributed by atoms with Gasteiger partial charge in [0.1, 0.15) is 29.5 Å². The summed E-state index contributed by atoms with van der Waals surface area (Å²) in [5.41, 5.74) is 16.5. The fraction of sp³-hybridized carbons (Fsp3) is 0.841. The molecule has 0 aromatic rings. The van der Waals surface area contributed by atoms with Gasteiger partial charge in [0.25, 0.3) is 0 Å². The highest BCUT2D eigenvalue weighted by molar-refractivity contribution is 5.91. The number of allylic oxidation sites excluding steroid dienone is 3. The first kappa shape index (κ1) is 62.6. The number of ketones is 4. The molecular weight excluding hydrogens is 1000 g/mol. The first-order valence-corrected chi connectivity index (χ1v) is 32.2. The van der Waals surface area contributed by atoms with Crippen molar-refractivity contribution in [2.45, 2.75) is 249 Å². The van der Waals surface area contributed by atoms with Crippen LogP contribution in [0.5, 0.6) is 0 Å². The summed E-state index contributed by atoms with van der Waals surface area (Å²) >= 11 is 0. The van der Waals surface area contributed by atoms with Crippen LogP contribution in [-0.2, 0) is 28.7 Å². The smallest absolute Gasteiger partial charge is 0.323 e. The van der Waals surface area contributed by atoms with Crippen molar-refractivity contribution >= 4 is 41.5 Å². The summed E-state index contributed by atoms with van der Waals surface area (Å²) in [7, 11) is 1.50. The number of hydrogen-bond acceptors (Lipinski definition) is 9. The van der Waals surface area contributed by atoms with E-state index >= 15 is 0 Å². The summed E-state index contributed by atoms with van der Waals surface area (Å²) in [4.78, 5) is 60.8. The predicted octanol–water partition coefficient (Wildman–Crippen LogP) is 14.3. The fourth-order valence-electron chi connectivity index (χ4n) is 22.6. The van der Waals surface area contributed by atoms with E-state index in [1.165, 1.54) is 102 Å². The second-order valence-electron chi connectivity index (χ2n) is 30.3. The second kappa shape index (κ2) is 23.5. The van der Waals surface area contributed by atoms with Crippen LogP contribution in [0.15, 0.2) is 34.9 Å². The molecule has 9 saturated carbocycles. The molecule has 79 heavy (non-hydrogen) atoms. The van der Waals surface area contributed by atoms with Crippen LogP contribution in [-0.4, -0.2) is 59.5 Å². The molecule has 444 valence electrons. The number of Topliss-reactive ketones (excluding diaryl/α,β-unsaturated/α-hetero) is 3. The van der Waals surface area contributed by atoms with Crippen molar-refractivity contribution in [3.05, 3.63) is 34.9 Å². The molecule has 0 aromatic carbocycles. The van der Waals surface area contributed by atoms with Crippen LogP contribution >= 0.6 is 12.4 Å². The van der Waals surface area contributed by atoms with Crippen molar-refractivity contribution in [3.63, 3.8) is 0 Å². The van der Waals surface area contributed by atoms with E-state index in [4.69, 9.17) is 10.5 Å². The Morgan fingerprint density at radius 3 is 1.29 bits per heavy atom. The molecule has 0 aromatic heterocycles. The van der Waals surface area contributed by atoms with Gasteiger partial charge in [0.2, 0.25) is 0 Å². The predicted molar refractivity (Wildman–Crippen MR) is 319 cm³/mol. The van der Waals surface area contributed by atoms with Gasteiger partial charge in [-0.1, -0.05) is 78.2 Å². The van der Waals surface area contributed by atoms with Gasteiger partial charge in [0.05, 0.1) is 6.10 Å². The average molecular weight is 1110 g/mol. The molecule has 0 bridgehead atoms. The second-order valence-corrected chi connectivity index (χ2v) is 30.3. The number of rotatable bonds is 6. The number of aliphatic hydroxyl groups excluding tert-OH is 1. The molecule has 0 spiro atoms. The standard InChI is InChI=1S/C26H41NO3.C21H32O2.C21H30O2.CH5N.ClH/c1-15(2)23(27)24(29)30-18-10-12-25(4)17(14-18)6-7-19-21-9-8-20(16(3)28)26(21,5)13-11-22(19)25;2*1-13(22)17-6-7-18-16-5-4-14-12-15(23)8-10-20(14,2)19(16)9-11-21(17,18)3;1-2;/h14-15,18-23H,6-13,27H2,1-5H3;12,15-19,23H,4-11H2,1-3H3;12,16-19H,4-11H2,1-3H3;2H2,1H3;1H/t18-,19?,20+,21?,22?,23+,25-,26+;15-,16?,17+,18?,19?,20-,21+;16?,17-,18?,19?,20+,21-;;/m110../s1. The van der Waals surface area contributed by atoms with Gasteiger partial charge >= 0.3 is 5.97 Å². The molecule has 0 radical (unpaired) electrons. The van der Waals surface area contributed by atoms with Crippen LogP contribution in [0.1, 0.15) is 230 Å². The molecule has 5 N–H and O–H groups in total. The van der Waals surface area contributed by atoms with Gasteiger partial charge < -0.3 is 21.3 Å².